The van der Waals surface area contributed by atoms with Crippen molar-refractivity contribution in [2.45, 2.75) is 19.3 Å². The molecule has 0 fully saturated rings. The molecule has 0 radical (unpaired) electrons. The second-order valence-corrected chi connectivity index (χ2v) is 13.8. The third kappa shape index (κ3) is 6.07. The molecule has 1 heterocycles. The van der Waals surface area contributed by atoms with Crippen LogP contribution in [0.1, 0.15) is 25.0 Å². The lowest BCUT2D eigenvalue weighted by molar-refractivity contribution is 0.569. The highest BCUT2D eigenvalue weighted by molar-refractivity contribution is 6.05. The van der Waals surface area contributed by atoms with Crippen molar-refractivity contribution in [3.63, 3.8) is 0 Å². The first-order valence-corrected chi connectivity index (χ1v) is 17.9. The van der Waals surface area contributed by atoms with E-state index in [1.807, 2.05) is 36.4 Å². The summed E-state index contributed by atoms with van der Waals surface area (Å²) in [6, 6.07) is 57.5. The van der Waals surface area contributed by atoms with Crippen molar-refractivity contribution in [1.82, 2.24) is 0 Å². The molecule has 3 nitrogen and oxygen atoms in total. The van der Waals surface area contributed by atoms with Crippen LogP contribution in [0.3, 0.4) is 0 Å². The summed E-state index contributed by atoms with van der Waals surface area (Å²) in [6.07, 6.45) is 3.28. The van der Waals surface area contributed by atoms with Gasteiger partial charge in [0.15, 0.2) is 0 Å². The summed E-state index contributed by atoms with van der Waals surface area (Å²) in [5, 5.41) is 2.43. The van der Waals surface area contributed by atoms with E-state index in [4.69, 9.17) is 4.42 Å². The molecule has 0 bridgehead atoms. The van der Waals surface area contributed by atoms with Gasteiger partial charge in [-0.1, -0.05) is 148 Å². The molecule has 1 aliphatic carbocycles. The highest BCUT2D eigenvalue weighted by Crippen LogP contribution is 2.50. The largest absolute Gasteiger partial charge is 0.422 e. The molecule has 7 aromatic carbocycles. The first kappa shape index (κ1) is 33.4. The van der Waals surface area contributed by atoms with Gasteiger partial charge in [0, 0.05) is 27.9 Å². The quantitative estimate of drug-likeness (QED) is 0.0992. The number of allylic oxidation sites excluding steroid dienone is 2. The van der Waals surface area contributed by atoms with Gasteiger partial charge in [0.2, 0.25) is 0 Å². The third-order valence-electron chi connectivity index (χ3n) is 10.3. The highest BCUT2D eigenvalue weighted by atomic mass is 16.4. The van der Waals surface area contributed by atoms with Crippen molar-refractivity contribution in [2.75, 3.05) is 4.90 Å². The van der Waals surface area contributed by atoms with Gasteiger partial charge in [-0.3, -0.25) is 0 Å². The number of nitrogens with zero attached hydrogens (tertiary/aromatic N) is 1. The minimum absolute atomic E-state index is 0.103. The molecule has 1 aromatic heterocycles. The maximum absolute atomic E-state index is 12.6. The maximum atomic E-state index is 12.6. The highest BCUT2D eigenvalue weighted by Gasteiger charge is 2.35. The summed E-state index contributed by atoms with van der Waals surface area (Å²) in [4.78, 5) is 14.9. The molecule has 8 aromatic rings. The van der Waals surface area contributed by atoms with E-state index >= 15 is 0 Å². The van der Waals surface area contributed by atoms with Gasteiger partial charge < -0.3 is 9.32 Å². The van der Waals surface area contributed by atoms with Crippen molar-refractivity contribution >= 4 is 38.8 Å². The Balaban J connectivity index is 0.000000954. The van der Waals surface area contributed by atoms with Crippen LogP contribution in [0.4, 0.5) is 17.1 Å². The van der Waals surface area contributed by atoms with Crippen LogP contribution < -0.4 is 10.5 Å². The summed E-state index contributed by atoms with van der Waals surface area (Å²) < 4.78 is 5.66. The van der Waals surface area contributed by atoms with Crippen LogP contribution in [-0.2, 0) is 5.41 Å². The van der Waals surface area contributed by atoms with E-state index in [0.29, 0.717) is 11.0 Å². The van der Waals surface area contributed by atoms with Crippen LogP contribution in [0.5, 0.6) is 0 Å². The first-order valence-electron chi connectivity index (χ1n) is 17.9. The Labute approximate surface area is 310 Å². The molecule has 0 spiro atoms. The number of hydrogen-bond acceptors (Lipinski definition) is 3. The van der Waals surface area contributed by atoms with Crippen molar-refractivity contribution < 1.29 is 4.42 Å². The van der Waals surface area contributed by atoms with Crippen LogP contribution in [0.25, 0.3) is 55.1 Å². The average molecular weight is 686 g/mol. The number of rotatable bonds is 6. The van der Waals surface area contributed by atoms with Gasteiger partial charge in [-0.15, -0.1) is 0 Å². The van der Waals surface area contributed by atoms with Crippen molar-refractivity contribution in [2.24, 2.45) is 0 Å². The van der Waals surface area contributed by atoms with Gasteiger partial charge in [0.1, 0.15) is 5.58 Å². The van der Waals surface area contributed by atoms with E-state index in [-0.39, 0.29) is 11.0 Å². The minimum Gasteiger partial charge on any atom is -0.422 e. The molecule has 256 valence electrons. The van der Waals surface area contributed by atoms with Gasteiger partial charge in [-0.2, -0.15) is 0 Å². The third-order valence-corrected chi connectivity index (χ3v) is 10.3. The first-order chi connectivity index (χ1) is 25.9. The average Bonchev–Trinajstić information content (AvgIpc) is 3.44. The predicted molar refractivity (Wildman–Crippen MR) is 224 cm³/mol. The molecule has 0 saturated carbocycles. The zero-order valence-electron chi connectivity index (χ0n) is 29.9. The lowest BCUT2D eigenvalue weighted by atomic mass is 9.82. The molecule has 0 saturated heterocycles. The fourth-order valence-corrected chi connectivity index (χ4v) is 7.57. The van der Waals surface area contributed by atoms with Gasteiger partial charge in [0.05, 0.1) is 5.39 Å². The molecular weight excluding hydrogens is 647 g/mol. The molecule has 0 unspecified atom stereocenters. The second kappa shape index (κ2) is 13.8. The topological polar surface area (TPSA) is 33.5 Å². The van der Waals surface area contributed by atoms with E-state index in [9.17, 15) is 4.79 Å². The van der Waals surface area contributed by atoms with Gasteiger partial charge >= 0.3 is 5.63 Å². The summed E-state index contributed by atoms with van der Waals surface area (Å²) in [7, 11) is 0. The summed E-state index contributed by atoms with van der Waals surface area (Å²) in [6.45, 7) is 11.4. The van der Waals surface area contributed by atoms with Crippen LogP contribution >= 0.6 is 0 Å². The van der Waals surface area contributed by atoms with Crippen molar-refractivity contribution in [3.8, 4) is 33.4 Å². The monoisotopic (exact) mass is 685 g/mol. The Morgan fingerprint density at radius 3 is 1.70 bits per heavy atom. The summed E-state index contributed by atoms with van der Waals surface area (Å²) in [5.74, 6) is 0. The number of anilines is 3. The Kier molecular flexibility index (Phi) is 8.69. The fourth-order valence-electron chi connectivity index (χ4n) is 7.57. The maximum Gasteiger partial charge on any atom is 0.344 e. The zero-order chi connectivity index (χ0) is 36.5. The molecular formula is C50H39NO2. The molecule has 0 atom stereocenters. The Morgan fingerprint density at radius 1 is 0.491 bits per heavy atom. The van der Waals surface area contributed by atoms with E-state index < -0.39 is 0 Å². The molecule has 9 rings (SSSR count). The Bertz CT molecular complexity index is 2680. The molecule has 0 aliphatic heterocycles. The Morgan fingerprint density at radius 2 is 1.02 bits per heavy atom. The Hall–Kier alpha value is -6.71. The van der Waals surface area contributed by atoms with Crippen LogP contribution in [0.15, 0.2) is 198 Å². The minimum atomic E-state index is -0.309. The normalized spacial score (nSPS) is 12.3. The zero-order valence-corrected chi connectivity index (χ0v) is 29.9. The fraction of sp³-hybridized carbons (Fsp3) is 0.0600. The van der Waals surface area contributed by atoms with Gasteiger partial charge in [-0.05, 0) is 104 Å². The number of hydrogen-bond donors (Lipinski definition) is 0. The number of benzene rings is 7. The lowest BCUT2D eigenvalue weighted by Gasteiger charge is -2.28. The molecule has 3 heteroatoms. The van der Waals surface area contributed by atoms with Crippen molar-refractivity contribution in [1.29, 1.82) is 0 Å². The van der Waals surface area contributed by atoms with Gasteiger partial charge in [-0.25, -0.2) is 4.79 Å². The molecule has 0 amide bonds. The number of fused-ring (bicyclic) bond motifs is 6. The smallest absolute Gasteiger partial charge is 0.344 e. The predicted octanol–water partition coefficient (Wildman–Crippen LogP) is 13.4. The van der Waals surface area contributed by atoms with Crippen LogP contribution in [0, 0.1) is 0 Å². The van der Waals surface area contributed by atoms with E-state index in [1.54, 1.807) is 12.2 Å². The van der Waals surface area contributed by atoms with Crippen LogP contribution in [0.2, 0.25) is 0 Å². The van der Waals surface area contributed by atoms with Crippen molar-refractivity contribution in [3.05, 3.63) is 211 Å². The molecule has 53 heavy (non-hydrogen) atoms. The van der Waals surface area contributed by atoms with E-state index in [2.05, 4.69) is 159 Å². The standard InChI is InChI=1S/C46H33NO2.C4H6/c1-46(2)42-15-9-8-13-38(42)39-26-25-36(29-43(39)46)47(34-21-16-31(17-22-34)30-10-4-3-5-11-30)35-23-18-32(19-24-35)33-20-27-44-41(28-33)37-12-6-7-14-40(37)45(48)49-44;1-3-4-2/h3-29H,1-2H3;3-4H,1-2H2. The van der Waals surface area contributed by atoms with E-state index in [0.717, 1.165) is 39.0 Å². The molecule has 1 aliphatic rings. The summed E-state index contributed by atoms with van der Waals surface area (Å²) in [5.41, 5.74) is 13.3. The SMILES string of the molecule is C=CC=C.CC1(C)c2ccccc2-c2ccc(N(c3ccc(-c4ccccc4)cc3)c3ccc(-c4ccc5oc(=O)c6ccccc6c5c4)cc3)cc21. The van der Waals surface area contributed by atoms with Gasteiger partial charge in [0.25, 0.3) is 0 Å². The second-order valence-electron chi connectivity index (χ2n) is 13.8. The molecule has 0 N–H and O–H groups in total. The summed E-state index contributed by atoms with van der Waals surface area (Å²) >= 11 is 0. The van der Waals surface area contributed by atoms with Crippen LogP contribution in [-0.4, -0.2) is 0 Å². The lowest BCUT2D eigenvalue weighted by Crippen LogP contribution is -2.16. The van der Waals surface area contributed by atoms with E-state index in [1.165, 1.54) is 33.4 Å².